The number of likely N-dealkylation sites (tertiary alicyclic amines) is 1. The first kappa shape index (κ1) is 22.9. The van der Waals surface area contributed by atoms with Crippen molar-refractivity contribution in [2.24, 2.45) is 4.99 Å². The molecule has 2 heterocycles. The Hall–Kier alpha value is -0.120. The summed E-state index contributed by atoms with van der Waals surface area (Å²) < 4.78 is 5.57. The molecule has 2 aliphatic rings. The second-order valence-corrected chi connectivity index (χ2v) is 7.24. The van der Waals surface area contributed by atoms with Gasteiger partial charge in [0.05, 0.1) is 0 Å². The van der Waals surface area contributed by atoms with Crippen LogP contribution < -0.4 is 5.32 Å². The van der Waals surface area contributed by atoms with Crippen LogP contribution in [-0.2, 0) is 4.74 Å². The minimum absolute atomic E-state index is 0. The number of guanidine groups is 1. The molecule has 0 aromatic carbocycles. The van der Waals surface area contributed by atoms with Crippen molar-refractivity contribution in [1.82, 2.24) is 20.0 Å². The van der Waals surface area contributed by atoms with Crippen molar-refractivity contribution in [2.45, 2.75) is 44.7 Å². The zero-order valence-electron chi connectivity index (χ0n) is 16.8. The molecule has 0 spiro atoms. The topological polar surface area (TPSA) is 43.3 Å². The normalized spacial score (nSPS) is 23.9. The summed E-state index contributed by atoms with van der Waals surface area (Å²) in [5.74, 6) is 1.05. The van der Waals surface area contributed by atoms with Gasteiger partial charge in [-0.1, -0.05) is 13.8 Å². The molecule has 148 valence electrons. The summed E-state index contributed by atoms with van der Waals surface area (Å²) in [6.45, 7) is 11.6. The van der Waals surface area contributed by atoms with Crippen LogP contribution in [0.5, 0.6) is 0 Å². The summed E-state index contributed by atoms with van der Waals surface area (Å²) in [6, 6.07) is 0.657. The lowest BCUT2D eigenvalue weighted by molar-refractivity contribution is -0.00522. The van der Waals surface area contributed by atoms with E-state index in [1.54, 1.807) is 0 Å². The van der Waals surface area contributed by atoms with E-state index >= 15 is 0 Å². The summed E-state index contributed by atoms with van der Waals surface area (Å²) in [7, 11) is 6.27. The highest BCUT2D eigenvalue weighted by atomic mass is 127. The van der Waals surface area contributed by atoms with Crippen LogP contribution in [0.1, 0.15) is 33.1 Å². The van der Waals surface area contributed by atoms with Crippen molar-refractivity contribution in [3.63, 3.8) is 0 Å². The first-order valence-corrected chi connectivity index (χ1v) is 9.51. The number of nitrogens with one attached hydrogen (secondary N) is 1. The first-order valence-electron chi connectivity index (χ1n) is 9.51. The van der Waals surface area contributed by atoms with E-state index in [0.717, 1.165) is 64.7 Å². The third-order valence-corrected chi connectivity index (χ3v) is 5.95. The van der Waals surface area contributed by atoms with Crippen LogP contribution in [0.3, 0.4) is 0 Å². The molecule has 7 heteroatoms. The molecular formula is C18H38IN5O. The van der Waals surface area contributed by atoms with Crippen LogP contribution in [0.15, 0.2) is 4.99 Å². The molecule has 2 saturated heterocycles. The van der Waals surface area contributed by atoms with Crippen LogP contribution in [0.2, 0.25) is 0 Å². The van der Waals surface area contributed by atoms with Gasteiger partial charge in [-0.15, -0.1) is 24.0 Å². The largest absolute Gasteiger partial charge is 0.381 e. The molecule has 2 rings (SSSR count). The van der Waals surface area contributed by atoms with Crippen LogP contribution in [0.25, 0.3) is 0 Å². The molecule has 25 heavy (non-hydrogen) atoms. The van der Waals surface area contributed by atoms with E-state index in [4.69, 9.17) is 4.74 Å². The van der Waals surface area contributed by atoms with E-state index in [9.17, 15) is 0 Å². The second-order valence-electron chi connectivity index (χ2n) is 7.24. The second kappa shape index (κ2) is 10.9. The molecule has 1 N–H and O–H groups in total. The Kier molecular flexibility index (Phi) is 9.98. The van der Waals surface area contributed by atoms with Gasteiger partial charge in [-0.05, 0) is 46.4 Å². The fraction of sp³-hybridized carbons (Fsp3) is 0.944. The number of hydrogen-bond donors (Lipinski definition) is 1. The van der Waals surface area contributed by atoms with Crippen molar-refractivity contribution in [1.29, 1.82) is 0 Å². The fourth-order valence-electron chi connectivity index (χ4n) is 4.08. The van der Waals surface area contributed by atoms with Crippen LogP contribution in [0.4, 0.5) is 0 Å². The van der Waals surface area contributed by atoms with E-state index in [1.165, 1.54) is 6.42 Å². The lowest BCUT2D eigenvalue weighted by Gasteiger charge is -2.43. The van der Waals surface area contributed by atoms with Crippen molar-refractivity contribution in [3.8, 4) is 0 Å². The number of hydrogen-bond acceptors (Lipinski definition) is 4. The Bertz CT molecular complexity index is 408. The van der Waals surface area contributed by atoms with Crippen molar-refractivity contribution in [2.75, 3.05) is 67.1 Å². The molecule has 0 amide bonds. The molecule has 0 aromatic rings. The third-order valence-electron chi connectivity index (χ3n) is 5.95. The molecule has 0 bridgehead atoms. The predicted octanol–water partition coefficient (Wildman–Crippen LogP) is 1.71. The maximum Gasteiger partial charge on any atom is 0.193 e. The van der Waals surface area contributed by atoms with E-state index in [0.29, 0.717) is 6.04 Å². The number of halogens is 1. The minimum Gasteiger partial charge on any atom is -0.381 e. The number of ether oxygens (including phenoxy) is 1. The van der Waals surface area contributed by atoms with Gasteiger partial charge in [-0.2, -0.15) is 0 Å². The predicted molar refractivity (Wildman–Crippen MR) is 116 cm³/mol. The lowest BCUT2D eigenvalue weighted by Crippen LogP contribution is -2.57. The average Bonchev–Trinajstić information content (AvgIpc) is 3.07. The average molecular weight is 467 g/mol. The summed E-state index contributed by atoms with van der Waals surface area (Å²) in [6.07, 6.45) is 3.38. The molecule has 0 aromatic heterocycles. The van der Waals surface area contributed by atoms with E-state index in [-0.39, 0.29) is 29.5 Å². The maximum atomic E-state index is 5.57. The Morgan fingerprint density at radius 3 is 2.40 bits per heavy atom. The monoisotopic (exact) mass is 467 g/mol. The smallest absolute Gasteiger partial charge is 0.193 e. The molecule has 6 nitrogen and oxygen atoms in total. The van der Waals surface area contributed by atoms with Gasteiger partial charge < -0.3 is 19.9 Å². The number of rotatable bonds is 6. The van der Waals surface area contributed by atoms with Gasteiger partial charge in [0.1, 0.15) is 0 Å². The molecule has 2 fully saturated rings. The van der Waals surface area contributed by atoms with Gasteiger partial charge in [0.2, 0.25) is 0 Å². The molecule has 1 unspecified atom stereocenters. The highest BCUT2D eigenvalue weighted by Gasteiger charge is 2.36. The van der Waals surface area contributed by atoms with Gasteiger partial charge in [0.25, 0.3) is 0 Å². The Morgan fingerprint density at radius 1 is 1.24 bits per heavy atom. The zero-order valence-corrected chi connectivity index (χ0v) is 19.1. The van der Waals surface area contributed by atoms with E-state index < -0.39 is 0 Å². The van der Waals surface area contributed by atoms with E-state index in [2.05, 4.69) is 53.0 Å². The van der Waals surface area contributed by atoms with Gasteiger partial charge in [0.15, 0.2) is 5.96 Å². The Labute approximate surface area is 171 Å². The molecule has 2 aliphatic heterocycles. The standard InChI is InChI=1S/C18H37N5O.HI/c1-6-22(7-2)16-8-11-23(14-16)17(19-3)20-15-18(21(4)5)9-12-24-13-10-18;/h16H,6-15H2,1-5H3,(H,19,20);1H. The summed E-state index contributed by atoms with van der Waals surface area (Å²) >= 11 is 0. The molecule has 0 radical (unpaired) electrons. The van der Waals surface area contributed by atoms with Gasteiger partial charge in [0, 0.05) is 51.5 Å². The van der Waals surface area contributed by atoms with Crippen molar-refractivity contribution < 1.29 is 4.74 Å². The summed E-state index contributed by atoms with van der Waals surface area (Å²) in [5.41, 5.74) is 0.173. The molecular weight excluding hydrogens is 429 g/mol. The fourth-order valence-corrected chi connectivity index (χ4v) is 4.08. The maximum absolute atomic E-state index is 5.57. The number of likely N-dealkylation sites (N-methyl/N-ethyl adjacent to an activating group) is 2. The highest BCUT2D eigenvalue weighted by molar-refractivity contribution is 14.0. The Balaban J connectivity index is 0.00000312. The first-order chi connectivity index (χ1) is 11.6. The molecule has 0 aliphatic carbocycles. The van der Waals surface area contributed by atoms with Gasteiger partial charge in [-0.3, -0.25) is 9.89 Å². The summed E-state index contributed by atoms with van der Waals surface area (Å²) in [4.78, 5) is 11.9. The third kappa shape index (κ3) is 5.68. The van der Waals surface area contributed by atoms with Crippen LogP contribution in [0, 0.1) is 0 Å². The molecule has 0 saturated carbocycles. The quantitative estimate of drug-likeness (QED) is 0.366. The van der Waals surface area contributed by atoms with Crippen molar-refractivity contribution >= 4 is 29.9 Å². The van der Waals surface area contributed by atoms with Gasteiger partial charge in [-0.25, -0.2) is 0 Å². The van der Waals surface area contributed by atoms with Gasteiger partial charge >= 0.3 is 0 Å². The Morgan fingerprint density at radius 2 is 1.88 bits per heavy atom. The summed E-state index contributed by atoms with van der Waals surface area (Å²) in [5, 5.41) is 3.66. The number of aliphatic imine (C=N–C) groups is 1. The van der Waals surface area contributed by atoms with Crippen molar-refractivity contribution in [3.05, 3.63) is 0 Å². The SMILES string of the molecule is CCN(CC)C1CCN(C(=NC)NCC2(N(C)C)CCOCC2)C1.I. The van der Waals surface area contributed by atoms with E-state index in [1.807, 2.05) is 7.05 Å². The zero-order chi connectivity index (χ0) is 17.6. The molecule has 1 atom stereocenters. The van der Waals surface area contributed by atoms with Crippen LogP contribution >= 0.6 is 24.0 Å². The highest BCUT2D eigenvalue weighted by Crippen LogP contribution is 2.25. The number of nitrogens with zero attached hydrogens (tertiary/aromatic N) is 4. The minimum atomic E-state index is 0. The lowest BCUT2D eigenvalue weighted by atomic mass is 9.88. The van der Waals surface area contributed by atoms with Crippen LogP contribution in [-0.4, -0.2) is 99.3 Å².